The Hall–Kier alpha value is -2.62. The average Bonchev–Trinajstić information content (AvgIpc) is 3.10. The Labute approximate surface area is 156 Å². The van der Waals surface area contributed by atoms with Gasteiger partial charge < -0.3 is 9.87 Å². The summed E-state index contributed by atoms with van der Waals surface area (Å²) >= 11 is -0.818. The van der Waals surface area contributed by atoms with Gasteiger partial charge in [0.2, 0.25) is 10.3 Å². The third-order valence-electron chi connectivity index (χ3n) is 3.50. The maximum absolute atomic E-state index is 12.2. The van der Waals surface area contributed by atoms with Crippen LogP contribution in [-0.2, 0) is 17.5 Å². The Balaban J connectivity index is 1.52. The van der Waals surface area contributed by atoms with E-state index in [1.165, 1.54) is 41.2 Å². The predicted molar refractivity (Wildman–Crippen MR) is 102 cm³/mol. The number of amides is 1. The summed E-state index contributed by atoms with van der Waals surface area (Å²) in [6.07, 6.45) is 0.862. The van der Waals surface area contributed by atoms with Gasteiger partial charge in [-0.2, -0.15) is 0 Å². The smallest absolute Gasteiger partial charge is 0.257 e. The maximum atomic E-state index is 12.2. The van der Waals surface area contributed by atoms with E-state index in [2.05, 4.69) is 33.0 Å². The molecule has 2 aromatic carbocycles. The summed E-state index contributed by atoms with van der Waals surface area (Å²) in [6, 6.07) is 15.9. The van der Waals surface area contributed by atoms with E-state index >= 15 is 0 Å². The monoisotopic (exact) mass is 388 g/mol. The first-order valence-electron chi connectivity index (χ1n) is 7.75. The van der Waals surface area contributed by atoms with Gasteiger partial charge in [0.25, 0.3) is 5.91 Å². The molecule has 7 nitrogen and oxygen atoms in total. The standard InChI is InChI=1S/C17H16N4O3S2/c22-15(13-6-8-14(9-7-13)26(23)24)19-17-21-20-16(25-17)18-11-10-12-4-2-1-3-5-12/h1-9H,10-11H2,(H,18,20)(H,23,24)(H,19,21,22). The minimum absolute atomic E-state index is 0.238. The largest absolute Gasteiger partial charge is 0.360 e. The first-order chi connectivity index (χ1) is 12.6. The number of carbonyl (C=O) groups excluding carboxylic acids is 1. The molecule has 0 bridgehead atoms. The molecular formula is C17H16N4O3S2. The number of anilines is 2. The summed E-state index contributed by atoms with van der Waals surface area (Å²) in [4.78, 5) is 12.4. The highest BCUT2D eigenvalue weighted by Crippen LogP contribution is 2.20. The van der Waals surface area contributed by atoms with Crippen LogP contribution in [0.3, 0.4) is 0 Å². The summed E-state index contributed by atoms with van der Waals surface area (Å²) < 4.78 is 19.9. The fourth-order valence-electron chi connectivity index (χ4n) is 2.20. The molecule has 134 valence electrons. The molecule has 3 N–H and O–H groups in total. The molecule has 0 saturated heterocycles. The van der Waals surface area contributed by atoms with Gasteiger partial charge in [-0.15, -0.1) is 10.2 Å². The van der Waals surface area contributed by atoms with E-state index < -0.39 is 11.1 Å². The zero-order valence-electron chi connectivity index (χ0n) is 13.6. The van der Waals surface area contributed by atoms with Crippen molar-refractivity contribution in [3.8, 4) is 0 Å². The summed E-state index contributed by atoms with van der Waals surface area (Å²) in [5, 5.41) is 14.8. The molecule has 1 aromatic heterocycles. The zero-order chi connectivity index (χ0) is 18.4. The van der Waals surface area contributed by atoms with E-state index in [9.17, 15) is 9.00 Å². The lowest BCUT2D eigenvalue weighted by Gasteiger charge is -2.02. The Morgan fingerprint density at radius 2 is 1.73 bits per heavy atom. The molecule has 3 aromatic rings. The van der Waals surface area contributed by atoms with Crippen LogP contribution < -0.4 is 10.6 Å². The Bertz CT molecular complexity index is 898. The minimum atomic E-state index is -2.06. The van der Waals surface area contributed by atoms with Crippen LogP contribution in [0.15, 0.2) is 59.5 Å². The quantitative estimate of drug-likeness (QED) is 0.538. The van der Waals surface area contributed by atoms with Crippen LogP contribution in [0.25, 0.3) is 0 Å². The lowest BCUT2D eigenvalue weighted by Crippen LogP contribution is -2.11. The lowest BCUT2D eigenvalue weighted by atomic mass is 10.2. The highest BCUT2D eigenvalue weighted by atomic mass is 32.2. The van der Waals surface area contributed by atoms with Crippen LogP contribution in [0.5, 0.6) is 0 Å². The molecule has 1 unspecified atom stereocenters. The van der Waals surface area contributed by atoms with E-state index in [1.807, 2.05) is 18.2 Å². The molecule has 1 atom stereocenters. The topological polar surface area (TPSA) is 104 Å². The van der Waals surface area contributed by atoms with E-state index in [4.69, 9.17) is 4.55 Å². The molecular weight excluding hydrogens is 372 g/mol. The number of carbonyl (C=O) groups is 1. The van der Waals surface area contributed by atoms with Crippen molar-refractivity contribution in [2.75, 3.05) is 17.2 Å². The fourth-order valence-corrected chi connectivity index (χ4v) is 3.23. The number of rotatable bonds is 7. The molecule has 0 fully saturated rings. The van der Waals surface area contributed by atoms with E-state index in [0.29, 0.717) is 22.4 Å². The molecule has 1 amide bonds. The maximum Gasteiger partial charge on any atom is 0.257 e. The predicted octanol–water partition coefficient (Wildman–Crippen LogP) is 3.03. The molecule has 0 radical (unpaired) electrons. The first kappa shape index (κ1) is 18.2. The van der Waals surface area contributed by atoms with Gasteiger partial charge in [0.15, 0.2) is 11.1 Å². The van der Waals surface area contributed by atoms with E-state index in [0.717, 1.165) is 6.42 Å². The van der Waals surface area contributed by atoms with Gasteiger partial charge in [-0.25, -0.2) is 4.21 Å². The van der Waals surface area contributed by atoms with E-state index in [1.54, 1.807) is 0 Å². The van der Waals surface area contributed by atoms with Crippen molar-refractivity contribution in [3.05, 3.63) is 65.7 Å². The zero-order valence-corrected chi connectivity index (χ0v) is 15.2. The Kier molecular flexibility index (Phi) is 6.05. The van der Waals surface area contributed by atoms with Crippen LogP contribution in [0, 0.1) is 0 Å². The molecule has 0 aliphatic rings. The Morgan fingerprint density at radius 3 is 2.42 bits per heavy atom. The van der Waals surface area contributed by atoms with Crippen molar-refractivity contribution in [2.45, 2.75) is 11.3 Å². The molecule has 1 heterocycles. The van der Waals surface area contributed by atoms with Gasteiger partial charge in [0.1, 0.15) is 0 Å². The second-order valence-electron chi connectivity index (χ2n) is 5.30. The van der Waals surface area contributed by atoms with Gasteiger partial charge >= 0.3 is 0 Å². The van der Waals surface area contributed by atoms with Crippen LogP contribution >= 0.6 is 11.3 Å². The third-order valence-corrected chi connectivity index (χ3v) is 4.97. The van der Waals surface area contributed by atoms with Crippen LogP contribution in [0.1, 0.15) is 15.9 Å². The normalized spacial score (nSPS) is 11.7. The minimum Gasteiger partial charge on any atom is -0.360 e. The first-order valence-corrected chi connectivity index (χ1v) is 9.68. The molecule has 3 rings (SSSR count). The van der Waals surface area contributed by atoms with Crippen molar-refractivity contribution < 1.29 is 13.6 Å². The van der Waals surface area contributed by atoms with Crippen molar-refractivity contribution in [3.63, 3.8) is 0 Å². The van der Waals surface area contributed by atoms with E-state index in [-0.39, 0.29) is 10.8 Å². The van der Waals surface area contributed by atoms with Crippen molar-refractivity contribution in [1.29, 1.82) is 0 Å². The van der Waals surface area contributed by atoms with Gasteiger partial charge in [0, 0.05) is 12.1 Å². The summed E-state index contributed by atoms with van der Waals surface area (Å²) in [5.74, 6) is -0.354. The molecule has 26 heavy (non-hydrogen) atoms. The van der Waals surface area contributed by atoms with Gasteiger partial charge in [-0.1, -0.05) is 41.7 Å². The number of aromatic nitrogens is 2. The molecule has 0 spiro atoms. The average molecular weight is 388 g/mol. The van der Waals surface area contributed by atoms with Gasteiger partial charge in [0.05, 0.1) is 4.90 Å². The SMILES string of the molecule is O=C(Nc1nnc(NCCc2ccccc2)s1)c1ccc(S(=O)O)cc1. The fraction of sp³-hybridized carbons (Fsp3) is 0.118. The molecule has 0 saturated carbocycles. The van der Waals surface area contributed by atoms with Crippen molar-refractivity contribution in [2.24, 2.45) is 0 Å². The summed E-state index contributed by atoms with van der Waals surface area (Å²) in [5.41, 5.74) is 1.60. The lowest BCUT2D eigenvalue weighted by molar-refractivity contribution is 0.102. The van der Waals surface area contributed by atoms with Gasteiger partial charge in [-0.3, -0.25) is 10.1 Å². The van der Waals surface area contributed by atoms with Crippen molar-refractivity contribution >= 4 is 38.6 Å². The molecule has 0 aliphatic carbocycles. The highest BCUT2D eigenvalue weighted by Gasteiger charge is 2.11. The number of nitrogens with one attached hydrogen (secondary N) is 2. The second-order valence-corrected chi connectivity index (χ2v) is 7.25. The van der Waals surface area contributed by atoms with Gasteiger partial charge in [-0.05, 0) is 36.2 Å². The number of hydrogen-bond acceptors (Lipinski definition) is 6. The highest BCUT2D eigenvalue weighted by molar-refractivity contribution is 7.79. The molecule has 0 aliphatic heterocycles. The molecule has 9 heteroatoms. The number of benzene rings is 2. The number of nitrogens with zero attached hydrogens (tertiary/aromatic N) is 2. The van der Waals surface area contributed by atoms with Crippen LogP contribution in [-0.4, -0.2) is 31.4 Å². The van der Waals surface area contributed by atoms with Crippen LogP contribution in [0.2, 0.25) is 0 Å². The Morgan fingerprint density at radius 1 is 1.04 bits per heavy atom. The second kappa shape index (κ2) is 8.65. The third kappa shape index (κ3) is 4.94. The number of hydrogen-bond donors (Lipinski definition) is 3. The van der Waals surface area contributed by atoms with Crippen molar-refractivity contribution in [1.82, 2.24) is 10.2 Å². The van der Waals surface area contributed by atoms with Crippen LogP contribution in [0.4, 0.5) is 10.3 Å². The summed E-state index contributed by atoms with van der Waals surface area (Å²) in [7, 11) is 0. The summed E-state index contributed by atoms with van der Waals surface area (Å²) in [6.45, 7) is 0.715.